The highest BCUT2D eigenvalue weighted by atomic mass is 32.2. The van der Waals surface area contributed by atoms with Gasteiger partial charge in [0.05, 0.1) is 5.69 Å². The number of rotatable bonds is 4. The van der Waals surface area contributed by atoms with Gasteiger partial charge >= 0.3 is 5.97 Å². The van der Waals surface area contributed by atoms with Crippen LogP contribution in [-0.2, 0) is 14.8 Å². The largest absolute Gasteiger partial charge is 0.480 e. The molecule has 88 valence electrons. The lowest BCUT2D eigenvalue weighted by Gasteiger charge is -2.11. The van der Waals surface area contributed by atoms with Crippen molar-refractivity contribution in [1.29, 1.82) is 0 Å². The van der Waals surface area contributed by atoms with E-state index in [0.717, 1.165) is 11.1 Å². The summed E-state index contributed by atoms with van der Waals surface area (Å²) in [6, 6.07) is 5.32. The van der Waals surface area contributed by atoms with Crippen LogP contribution in [0.15, 0.2) is 18.2 Å². The molecule has 6 heteroatoms. The van der Waals surface area contributed by atoms with Gasteiger partial charge in [0.2, 0.25) is 10.0 Å². The molecule has 0 spiro atoms. The maximum atomic E-state index is 11.4. The Kier molecular flexibility index (Phi) is 3.54. The molecule has 2 N–H and O–H groups in total. The highest BCUT2D eigenvalue weighted by Gasteiger charge is 2.17. The minimum Gasteiger partial charge on any atom is -0.480 e. The van der Waals surface area contributed by atoms with E-state index in [2.05, 4.69) is 4.72 Å². The Morgan fingerprint density at radius 3 is 2.25 bits per heavy atom. The number of sulfonamides is 1. The van der Waals surface area contributed by atoms with Crippen molar-refractivity contribution in [1.82, 2.24) is 0 Å². The van der Waals surface area contributed by atoms with Gasteiger partial charge in [-0.05, 0) is 25.0 Å². The zero-order valence-electron chi connectivity index (χ0n) is 9.02. The zero-order chi connectivity index (χ0) is 12.3. The SMILES string of the molecule is Cc1cccc(C)c1NS(=O)(=O)CC(=O)O. The number of hydrogen-bond donors (Lipinski definition) is 2. The van der Waals surface area contributed by atoms with E-state index in [1.807, 2.05) is 0 Å². The number of carbonyl (C=O) groups is 1. The third-order valence-corrected chi connectivity index (χ3v) is 3.19. The normalized spacial score (nSPS) is 11.1. The first-order valence-electron chi connectivity index (χ1n) is 4.60. The lowest BCUT2D eigenvalue weighted by molar-refractivity contribution is -0.134. The second kappa shape index (κ2) is 4.52. The van der Waals surface area contributed by atoms with E-state index in [-0.39, 0.29) is 0 Å². The Bertz CT molecular complexity index is 487. The van der Waals surface area contributed by atoms with Crippen LogP contribution in [-0.4, -0.2) is 25.2 Å². The number of anilines is 1. The number of aryl methyl sites for hydroxylation is 2. The molecule has 0 aliphatic heterocycles. The fourth-order valence-corrected chi connectivity index (χ4v) is 2.36. The topological polar surface area (TPSA) is 83.5 Å². The first-order chi connectivity index (χ1) is 7.32. The molecule has 1 aromatic rings. The first-order valence-corrected chi connectivity index (χ1v) is 6.25. The van der Waals surface area contributed by atoms with Crippen LogP contribution >= 0.6 is 0 Å². The van der Waals surface area contributed by atoms with Gasteiger partial charge in [-0.3, -0.25) is 9.52 Å². The van der Waals surface area contributed by atoms with E-state index in [0.29, 0.717) is 5.69 Å². The van der Waals surface area contributed by atoms with Crippen LogP contribution in [0.25, 0.3) is 0 Å². The lowest BCUT2D eigenvalue weighted by Crippen LogP contribution is -2.23. The summed E-state index contributed by atoms with van der Waals surface area (Å²) in [5.74, 6) is -2.31. The fourth-order valence-electron chi connectivity index (χ4n) is 1.33. The Labute approximate surface area is 94.2 Å². The molecule has 0 atom stereocenters. The molecule has 5 nitrogen and oxygen atoms in total. The van der Waals surface area contributed by atoms with Crippen molar-refractivity contribution in [3.8, 4) is 0 Å². The molecule has 0 aromatic heterocycles. The predicted octanol–water partition coefficient (Wildman–Crippen LogP) is 1.13. The summed E-state index contributed by atoms with van der Waals surface area (Å²) < 4.78 is 25.1. The van der Waals surface area contributed by atoms with E-state index in [9.17, 15) is 13.2 Å². The quantitative estimate of drug-likeness (QED) is 0.830. The van der Waals surface area contributed by atoms with Gasteiger partial charge in [-0.2, -0.15) is 0 Å². The maximum Gasteiger partial charge on any atom is 0.320 e. The molecular weight excluding hydrogens is 230 g/mol. The predicted molar refractivity (Wildman–Crippen MR) is 61.0 cm³/mol. The molecular formula is C10H13NO4S. The smallest absolute Gasteiger partial charge is 0.320 e. The number of nitrogens with one attached hydrogen (secondary N) is 1. The van der Waals surface area contributed by atoms with Crippen LogP contribution in [0.4, 0.5) is 5.69 Å². The van der Waals surface area contributed by atoms with Crippen LogP contribution in [0, 0.1) is 13.8 Å². The molecule has 0 radical (unpaired) electrons. The van der Waals surface area contributed by atoms with Crippen molar-refractivity contribution in [3.05, 3.63) is 29.3 Å². The molecule has 0 unspecified atom stereocenters. The van der Waals surface area contributed by atoms with Crippen LogP contribution < -0.4 is 4.72 Å². The molecule has 16 heavy (non-hydrogen) atoms. The van der Waals surface area contributed by atoms with Gasteiger partial charge in [0.25, 0.3) is 0 Å². The van der Waals surface area contributed by atoms with E-state index in [1.165, 1.54) is 0 Å². The molecule has 0 bridgehead atoms. The molecule has 0 amide bonds. The molecule has 0 heterocycles. The summed E-state index contributed by atoms with van der Waals surface area (Å²) in [6.07, 6.45) is 0. The molecule has 1 aromatic carbocycles. The summed E-state index contributed by atoms with van der Waals surface area (Å²) in [7, 11) is -3.83. The van der Waals surface area contributed by atoms with Gasteiger partial charge in [0.1, 0.15) is 0 Å². The highest BCUT2D eigenvalue weighted by molar-refractivity contribution is 7.93. The van der Waals surface area contributed by atoms with Crippen molar-refractivity contribution in [2.24, 2.45) is 0 Å². The van der Waals surface area contributed by atoms with E-state index in [4.69, 9.17) is 5.11 Å². The third kappa shape index (κ3) is 3.23. The van der Waals surface area contributed by atoms with E-state index >= 15 is 0 Å². The summed E-state index contributed by atoms with van der Waals surface area (Å²) in [4.78, 5) is 10.4. The van der Waals surface area contributed by atoms with Crippen molar-refractivity contribution in [2.75, 3.05) is 10.5 Å². The van der Waals surface area contributed by atoms with Crippen molar-refractivity contribution in [3.63, 3.8) is 0 Å². The summed E-state index contributed by atoms with van der Waals surface area (Å²) in [6.45, 7) is 3.51. The van der Waals surface area contributed by atoms with Crippen LogP contribution in [0.1, 0.15) is 11.1 Å². The molecule has 0 aliphatic rings. The van der Waals surface area contributed by atoms with Gasteiger partial charge in [0.15, 0.2) is 5.75 Å². The fraction of sp³-hybridized carbons (Fsp3) is 0.300. The van der Waals surface area contributed by atoms with Crippen LogP contribution in [0.5, 0.6) is 0 Å². The number of carboxylic acids is 1. The molecule has 0 saturated carbocycles. The molecule has 1 rings (SSSR count). The Hall–Kier alpha value is -1.56. The average molecular weight is 243 g/mol. The third-order valence-electron chi connectivity index (χ3n) is 2.05. The zero-order valence-corrected chi connectivity index (χ0v) is 9.84. The number of aliphatic carboxylic acids is 1. The minimum absolute atomic E-state index is 0.448. The highest BCUT2D eigenvalue weighted by Crippen LogP contribution is 2.20. The minimum atomic E-state index is -3.83. The monoisotopic (exact) mass is 243 g/mol. The standard InChI is InChI=1S/C10H13NO4S/c1-7-4-3-5-8(2)10(7)11-16(14,15)6-9(12)13/h3-5,11H,6H2,1-2H3,(H,12,13). The van der Waals surface area contributed by atoms with Gasteiger partial charge < -0.3 is 5.11 Å². The average Bonchev–Trinajstić information content (AvgIpc) is 2.09. The number of hydrogen-bond acceptors (Lipinski definition) is 3. The van der Waals surface area contributed by atoms with Gasteiger partial charge in [-0.1, -0.05) is 18.2 Å². The maximum absolute atomic E-state index is 11.4. The Balaban J connectivity index is 3.01. The number of carboxylic acid groups (broad SMARTS) is 1. The summed E-state index contributed by atoms with van der Waals surface area (Å²) in [5, 5.41) is 8.45. The van der Waals surface area contributed by atoms with Crippen molar-refractivity contribution >= 4 is 21.7 Å². The summed E-state index contributed by atoms with van der Waals surface area (Å²) >= 11 is 0. The number of para-hydroxylation sites is 1. The molecule has 0 saturated heterocycles. The van der Waals surface area contributed by atoms with Crippen LogP contribution in [0.3, 0.4) is 0 Å². The second-order valence-electron chi connectivity index (χ2n) is 3.52. The van der Waals surface area contributed by atoms with Gasteiger partial charge in [-0.15, -0.1) is 0 Å². The van der Waals surface area contributed by atoms with Crippen molar-refractivity contribution in [2.45, 2.75) is 13.8 Å². The Morgan fingerprint density at radius 2 is 1.81 bits per heavy atom. The first kappa shape index (κ1) is 12.5. The molecule has 0 fully saturated rings. The second-order valence-corrected chi connectivity index (χ2v) is 5.24. The Morgan fingerprint density at radius 1 is 1.31 bits per heavy atom. The van der Waals surface area contributed by atoms with Crippen molar-refractivity contribution < 1.29 is 18.3 Å². The summed E-state index contributed by atoms with van der Waals surface area (Å²) in [5.41, 5.74) is 1.96. The van der Waals surface area contributed by atoms with E-state index in [1.54, 1.807) is 32.0 Å². The lowest BCUT2D eigenvalue weighted by atomic mass is 10.1. The number of benzene rings is 1. The van der Waals surface area contributed by atoms with Crippen LogP contribution in [0.2, 0.25) is 0 Å². The molecule has 0 aliphatic carbocycles. The van der Waals surface area contributed by atoms with Gasteiger partial charge in [-0.25, -0.2) is 8.42 Å². The van der Waals surface area contributed by atoms with Gasteiger partial charge in [0, 0.05) is 0 Å². The van der Waals surface area contributed by atoms with E-state index < -0.39 is 21.7 Å².